The maximum absolute atomic E-state index is 5.76. The fraction of sp³-hybridized carbons (Fsp3) is 0.455. The van der Waals surface area contributed by atoms with Gasteiger partial charge < -0.3 is 14.3 Å². The van der Waals surface area contributed by atoms with Crippen molar-refractivity contribution in [1.29, 1.82) is 0 Å². The van der Waals surface area contributed by atoms with Crippen LogP contribution in [-0.2, 0) is 18.3 Å². The SMILES string of the molecule is C/C=C/COc1cc(C)c(CCCCOc2cc(/C=N/OC)n(C)n2)c(C)c1. The van der Waals surface area contributed by atoms with Crippen LogP contribution in [0.25, 0.3) is 0 Å². The Morgan fingerprint density at radius 2 is 1.86 bits per heavy atom. The Morgan fingerprint density at radius 3 is 2.54 bits per heavy atom. The van der Waals surface area contributed by atoms with E-state index >= 15 is 0 Å². The quantitative estimate of drug-likeness (QED) is 0.249. The fourth-order valence-electron chi connectivity index (χ4n) is 3.00. The van der Waals surface area contributed by atoms with Crippen LogP contribution in [0.5, 0.6) is 11.6 Å². The van der Waals surface area contributed by atoms with Crippen LogP contribution in [0.2, 0.25) is 0 Å². The molecule has 1 heterocycles. The van der Waals surface area contributed by atoms with Gasteiger partial charge in [-0.15, -0.1) is 5.10 Å². The van der Waals surface area contributed by atoms with E-state index < -0.39 is 0 Å². The molecule has 6 nitrogen and oxygen atoms in total. The number of nitrogens with zero attached hydrogens (tertiary/aromatic N) is 3. The van der Waals surface area contributed by atoms with E-state index in [9.17, 15) is 0 Å². The van der Waals surface area contributed by atoms with Crippen molar-refractivity contribution >= 4 is 6.21 Å². The summed E-state index contributed by atoms with van der Waals surface area (Å²) in [5.41, 5.74) is 4.79. The van der Waals surface area contributed by atoms with E-state index in [1.165, 1.54) is 23.8 Å². The third kappa shape index (κ3) is 6.44. The van der Waals surface area contributed by atoms with Crippen LogP contribution >= 0.6 is 0 Å². The lowest BCUT2D eigenvalue weighted by Gasteiger charge is -2.13. The van der Waals surface area contributed by atoms with Crippen molar-refractivity contribution in [3.63, 3.8) is 0 Å². The largest absolute Gasteiger partial charge is 0.490 e. The molecule has 1 aromatic heterocycles. The highest BCUT2D eigenvalue weighted by Crippen LogP contribution is 2.23. The first-order valence-corrected chi connectivity index (χ1v) is 9.62. The number of unbranched alkanes of at least 4 members (excludes halogenated alkanes) is 1. The molecule has 0 aliphatic carbocycles. The van der Waals surface area contributed by atoms with E-state index in [0.29, 0.717) is 19.1 Å². The van der Waals surface area contributed by atoms with Crippen LogP contribution in [0, 0.1) is 13.8 Å². The summed E-state index contributed by atoms with van der Waals surface area (Å²) in [7, 11) is 3.36. The van der Waals surface area contributed by atoms with Crippen molar-refractivity contribution in [3.8, 4) is 11.6 Å². The summed E-state index contributed by atoms with van der Waals surface area (Å²) in [6.07, 6.45) is 8.67. The van der Waals surface area contributed by atoms with Gasteiger partial charge in [0.1, 0.15) is 19.5 Å². The average molecular weight is 386 g/mol. The van der Waals surface area contributed by atoms with E-state index in [0.717, 1.165) is 30.7 Å². The number of oxime groups is 1. The van der Waals surface area contributed by atoms with Gasteiger partial charge in [0.05, 0.1) is 18.5 Å². The second kappa shape index (κ2) is 11.2. The highest BCUT2D eigenvalue weighted by molar-refractivity contribution is 5.77. The molecule has 0 atom stereocenters. The molecule has 0 bridgehead atoms. The minimum absolute atomic E-state index is 0.607. The molecular formula is C22H31N3O3. The van der Waals surface area contributed by atoms with E-state index in [1.54, 1.807) is 10.9 Å². The smallest absolute Gasteiger partial charge is 0.233 e. The third-order valence-corrected chi connectivity index (χ3v) is 4.51. The summed E-state index contributed by atoms with van der Waals surface area (Å²) in [4.78, 5) is 4.69. The average Bonchev–Trinajstić information content (AvgIpc) is 3.01. The molecule has 0 N–H and O–H groups in total. The predicted molar refractivity (Wildman–Crippen MR) is 112 cm³/mol. The lowest BCUT2D eigenvalue weighted by molar-refractivity contribution is 0.215. The van der Waals surface area contributed by atoms with E-state index in [-0.39, 0.29) is 0 Å². The maximum Gasteiger partial charge on any atom is 0.233 e. The number of hydrogen-bond acceptors (Lipinski definition) is 5. The highest BCUT2D eigenvalue weighted by Gasteiger charge is 2.07. The first-order valence-electron chi connectivity index (χ1n) is 9.62. The van der Waals surface area contributed by atoms with Crippen molar-refractivity contribution in [2.45, 2.75) is 40.0 Å². The molecule has 0 saturated carbocycles. The normalized spacial score (nSPS) is 11.5. The molecular weight excluding hydrogens is 354 g/mol. The number of allylic oxidation sites excluding steroid dienone is 1. The second-order valence-corrected chi connectivity index (χ2v) is 6.67. The molecule has 152 valence electrons. The van der Waals surface area contributed by atoms with Gasteiger partial charge in [0.2, 0.25) is 5.88 Å². The Morgan fingerprint density at radius 1 is 1.11 bits per heavy atom. The zero-order valence-electron chi connectivity index (χ0n) is 17.6. The van der Waals surface area contributed by atoms with E-state index in [4.69, 9.17) is 14.3 Å². The first kappa shape index (κ1) is 21.5. The molecule has 0 spiro atoms. The van der Waals surface area contributed by atoms with E-state index in [2.05, 4.69) is 36.2 Å². The Hall–Kier alpha value is -2.76. The number of aromatic nitrogens is 2. The topological polar surface area (TPSA) is 57.9 Å². The maximum atomic E-state index is 5.76. The Kier molecular flexibility index (Phi) is 8.59. The van der Waals surface area contributed by atoms with Crippen LogP contribution < -0.4 is 9.47 Å². The molecule has 0 aliphatic heterocycles. The summed E-state index contributed by atoms with van der Waals surface area (Å²) in [5, 5.41) is 8.07. The van der Waals surface area contributed by atoms with E-state index in [1.807, 2.05) is 32.2 Å². The number of aryl methyl sites for hydroxylation is 3. The lowest BCUT2D eigenvalue weighted by atomic mass is 9.97. The minimum atomic E-state index is 0.607. The van der Waals surface area contributed by atoms with Crippen molar-refractivity contribution in [3.05, 3.63) is 52.7 Å². The van der Waals surface area contributed by atoms with Gasteiger partial charge in [-0.1, -0.05) is 17.3 Å². The zero-order chi connectivity index (χ0) is 20.4. The van der Waals surface area contributed by atoms with Crippen molar-refractivity contribution in [2.24, 2.45) is 12.2 Å². The Labute approximate surface area is 167 Å². The zero-order valence-corrected chi connectivity index (χ0v) is 17.6. The Balaban J connectivity index is 1.79. The molecule has 0 amide bonds. The molecule has 28 heavy (non-hydrogen) atoms. The molecule has 2 rings (SSSR count). The van der Waals surface area contributed by atoms with Crippen LogP contribution in [0.15, 0.2) is 35.5 Å². The summed E-state index contributed by atoms with van der Waals surface area (Å²) >= 11 is 0. The van der Waals surface area contributed by atoms with Gasteiger partial charge in [0, 0.05) is 13.1 Å². The molecule has 0 unspecified atom stereocenters. The number of ether oxygens (including phenoxy) is 2. The van der Waals surface area contributed by atoms with Crippen molar-refractivity contribution in [1.82, 2.24) is 9.78 Å². The summed E-state index contributed by atoms with van der Waals surface area (Å²) in [6.45, 7) is 7.55. The van der Waals surface area contributed by atoms with Gasteiger partial charge in [-0.25, -0.2) is 0 Å². The molecule has 6 heteroatoms. The van der Waals surface area contributed by atoms with Crippen LogP contribution in [0.4, 0.5) is 0 Å². The van der Waals surface area contributed by atoms with Gasteiger partial charge in [0.25, 0.3) is 0 Å². The molecule has 0 radical (unpaired) electrons. The van der Waals surface area contributed by atoms with Crippen LogP contribution in [0.3, 0.4) is 0 Å². The monoisotopic (exact) mass is 385 g/mol. The molecule has 1 aromatic carbocycles. The number of hydrogen-bond donors (Lipinski definition) is 0. The van der Waals surface area contributed by atoms with Gasteiger partial charge in [0.15, 0.2) is 0 Å². The van der Waals surface area contributed by atoms with Gasteiger partial charge in [-0.05, 0) is 68.9 Å². The summed E-state index contributed by atoms with van der Waals surface area (Å²) < 4.78 is 13.2. The first-order chi connectivity index (χ1) is 13.5. The summed E-state index contributed by atoms with van der Waals surface area (Å²) in [6, 6.07) is 6.10. The van der Waals surface area contributed by atoms with Gasteiger partial charge in [-0.2, -0.15) is 0 Å². The Bertz CT molecular complexity index is 786. The molecule has 0 saturated heterocycles. The van der Waals surface area contributed by atoms with Crippen molar-refractivity contribution < 1.29 is 14.3 Å². The summed E-state index contributed by atoms with van der Waals surface area (Å²) in [5.74, 6) is 1.54. The van der Waals surface area contributed by atoms with Gasteiger partial charge >= 0.3 is 0 Å². The third-order valence-electron chi connectivity index (χ3n) is 4.51. The highest BCUT2D eigenvalue weighted by atomic mass is 16.6. The molecule has 2 aromatic rings. The second-order valence-electron chi connectivity index (χ2n) is 6.67. The van der Waals surface area contributed by atoms with Crippen LogP contribution in [-0.4, -0.2) is 36.3 Å². The lowest BCUT2D eigenvalue weighted by Crippen LogP contribution is -2.02. The van der Waals surface area contributed by atoms with Crippen LogP contribution in [0.1, 0.15) is 42.1 Å². The fourth-order valence-corrected chi connectivity index (χ4v) is 3.00. The van der Waals surface area contributed by atoms with Crippen molar-refractivity contribution in [2.75, 3.05) is 20.3 Å². The predicted octanol–water partition coefficient (Wildman–Crippen LogP) is 4.37. The minimum Gasteiger partial charge on any atom is -0.490 e. The number of benzene rings is 1. The molecule has 0 aliphatic rings. The van der Waals surface area contributed by atoms with Gasteiger partial charge in [-0.3, -0.25) is 4.68 Å². The number of rotatable bonds is 11. The molecule has 0 fully saturated rings. The standard InChI is InChI=1S/C22H31N3O3/c1-6-7-11-27-20-13-17(2)21(18(3)14-20)10-8-9-12-28-22-15-19(16-23-26-5)25(4)24-22/h6-7,13-16H,8-12H2,1-5H3/b7-6+,23-16+.